The minimum absolute atomic E-state index is 0.193. The second-order valence-corrected chi connectivity index (χ2v) is 4.51. The third kappa shape index (κ3) is 2.14. The Balaban J connectivity index is 1.89. The maximum atomic E-state index is 9.73. The summed E-state index contributed by atoms with van der Waals surface area (Å²) >= 11 is 0. The molecule has 2 aromatic rings. The zero-order valence-electron chi connectivity index (χ0n) is 10.4. The molecular weight excluding hydrogens is 250 g/mol. The fraction of sp³-hybridized carbons (Fsp3) is 0.545. The molecule has 0 aromatic carbocycles. The molecule has 1 fully saturated rings. The van der Waals surface area contributed by atoms with Gasteiger partial charge in [-0.25, -0.2) is 4.57 Å². The molecule has 1 aliphatic heterocycles. The lowest BCUT2D eigenvalue weighted by Crippen LogP contribution is -2.39. The first-order valence-electron chi connectivity index (χ1n) is 6.10. The van der Waals surface area contributed by atoms with E-state index >= 15 is 0 Å². The standard InChI is InChI=1S/C11H15N5O3/c1-12-11-14-6-3-16(5-13-10(6)15-11)9-2-7(18)8(4-17)19-9/h3,5,7-9,17-18H,2,4H2,1H3,(H,12,14)/p+1/t7-,8+,9?/m0/s1. The molecule has 0 amide bonds. The van der Waals surface area contributed by atoms with Crippen LogP contribution in [0.5, 0.6) is 0 Å². The molecule has 3 atom stereocenters. The Morgan fingerprint density at radius 3 is 3.16 bits per heavy atom. The molecule has 0 radical (unpaired) electrons. The molecule has 0 spiro atoms. The van der Waals surface area contributed by atoms with Crippen molar-refractivity contribution in [1.82, 2.24) is 15.0 Å². The number of nitrogens with zero attached hydrogens (tertiary/aromatic N) is 3. The molecule has 3 heterocycles. The molecule has 19 heavy (non-hydrogen) atoms. The molecular formula is C11H16N5O3+. The van der Waals surface area contributed by atoms with Gasteiger partial charge in [0.15, 0.2) is 5.52 Å². The summed E-state index contributed by atoms with van der Waals surface area (Å²) in [5.74, 6) is 0.640. The Morgan fingerprint density at radius 1 is 1.63 bits per heavy atom. The van der Waals surface area contributed by atoms with Gasteiger partial charge in [0.25, 0.3) is 12.0 Å². The SMILES string of the molecule is CNc1nc2nc[n+](C3C[C@H](O)[C@@H](CO)O3)cc2[nH]1. The molecule has 8 nitrogen and oxygen atoms in total. The van der Waals surface area contributed by atoms with Gasteiger partial charge < -0.3 is 25.3 Å². The maximum Gasteiger partial charge on any atom is 0.296 e. The molecule has 0 aliphatic carbocycles. The molecule has 3 rings (SSSR count). The molecule has 1 saturated heterocycles. The van der Waals surface area contributed by atoms with Gasteiger partial charge in [-0.3, -0.25) is 0 Å². The van der Waals surface area contributed by atoms with Gasteiger partial charge in [0.2, 0.25) is 12.2 Å². The lowest BCUT2D eigenvalue weighted by Gasteiger charge is -2.09. The third-order valence-electron chi connectivity index (χ3n) is 3.26. The van der Waals surface area contributed by atoms with E-state index < -0.39 is 12.2 Å². The summed E-state index contributed by atoms with van der Waals surface area (Å²) in [6.45, 7) is -0.193. The molecule has 0 bridgehead atoms. The number of aliphatic hydroxyl groups excluding tert-OH is 2. The minimum Gasteiger partial charge on any atom is -0.394 e. The van der Waals surface area contributed by atoms with Crippen LogP contribution in [0.4, 0.5) is 5.95 Å². The fourth-order valence-corrected chi connectivity index (χ4v) is 2.21. The molecule has 0 saturated carbocycles. The summed E-state index contributed by atoms with van der Waals surface area (Å²) in [6, 6.07) is 0. The number of hydrogen-bond acceptors (Lipinski definition) is 6. The number of aliphatic hydroxyl groups is 2. The van der Waals surface area contributed by atoms with Crippen molar-refractivity contribution in [3.63, 3.8) is 0 Å². The van der Waals surface area contributed by atoms with Gasteiger partial charge in [0, 0.05) is 13.5 Å². The largest absolute Gasteiger partial charge is 0.394 e. The number of rotatable bonds is 3. The van der Waals surface area contributed by atoms with Crippen LogP contribution >= 0.6 is 0 Å². The maximum absolute atomic E-state index is 9.73. The van der Waals surface area contributed by atoms with Crippen LogP contribution in [0, 0.1) is 0 Å². The zero-order chi connectivity index (χ0) is 13.4. The number of fused-ring (bicyclic) bond motifs is 1. The van der Waals surface area contributed by atoms with E-state index in [1.165, 1.54) is 0 Å². The molecule has 102 valence electrons. The van der Waals surface area contributed by atoms with Crippen LogP contribution in [-0.4, -0.2) is 51.0 Å². The summed E-state index contributed by atoms with van der Waals surface area (Å²) in [6.07, 6.45) is 2.34. The van der Waals surface area contributed by atoms with Crippen molar-refractivity contribution in [2.45, 2.75) is 24.9 Å². The Labute approximate surface area is 109 Å². The Kier molecular flexibility index (Phi) is 3.05. The number of H-pyrrole nitrogens is 1. The molecule has 1 aliphatic rings. The van der Waals surface area contributed by atoms with Gasteiger partial charge in [0.05, 0.1) is 12.7 Å². The number of hydrogen-bond donors (Lipinski definition) is 4. The lowest BCUT2D eigenvalue weighted by atomic mass is 10.2. The van der Waals surface area contributed by atoms with Crippen LogP contribution in [0.3, 0.4) is 0 Å². The first kappa shape index (κ1) is 12.3. The van der Waals surface area contributed by atoms with Crippen molar-refractivity contribution in [3.8, 4) is 0 Å². The lowest BCUT2D eigenvalue weighted by molar-refractivity contribution is -0.760. The van der Waals surface area contributed by atoms with Crippen LogP contribution in [0.2, 0.25) is 0 Å². The smallest absolute Gasteiger partial charge is 0.296 e. The summed E-state index contributed by atoms with van der Waals surface area (Å²) in [4.78, 5) is 11.5. The molecule has 2 aromatic heterocycles. The topological polar surface area (TPSA) is 107 Å². The highest BCUT2D eigenvalue weighted by atomic mass is 16.5. The highest BCUT2D eigenvalue weighted by Gasteiger charge is 2.37. The van der Waals surface area contributed by atoms with E-state index in [2.05, 4.69) is 20.3 Å². The fourth-order valence-electron chi connectivity index (χ4n) is 2.21. The van der Waals surface area contributed by atoms with Crippen molar-refractivity contribution < 1.29 is 19.5 Å². The van der Waals surface area contributed by atoms with Gasteiger partial charge in [-0.15, -0.1) is 0 Å². The van der Waals surface area contributed by atoms with E-state index in [-0.39, 0.29) is 12.8 Å². The number of aromatic nitrogens is 4. The van der Waals surface area contributed by atoms with Crippen LogP contribution in [0.25, 0.3) is 11.2 Å². The predicted octanol–water partition coefficient (Wildman–Crippen LogP) is -1.07. The van der Waals surface area contributed by atoms with E-state index in [1.54, 1.807) is 17.9 Å². The Hall–Kier alpha value is -1.77. The van der Waals surface area contributed by atoms with E-state index in [4.69, 9.17) is 9.84 Å². The summed E-state index contributed by atoms with van der Waals surface area (Å²) in [7, 11) is 1.77. The minimum atomic E-state index is -0.659. The first-order valence-corrected chi connectivity index (χ1v) is 6.10. The van der Waals surface area contributed by atoms with Crippen molar-refractivity contribution in [2.75, 3.05) is 19.0 Å². The predicted molar refractivity (Wildman–Crippen MR) is 65.3 cm³/mol. The number of aromatic amines is 1. The highest BCUT2D eigenvalue weighted by molar-refractivity contribution is 5.70. The normalized spacial score (nSPS) is 27.0. The van der Waals surface area contributed by atoms with Crippen LogP contribution in [0.1, 0.15) is 12.6 Å². The second-order valence-electron chi connectivity index (χ2n) is 4.51. The summed E-state index contributed by atoms with van der Waals surface area (Å²) < 4.78 is 7.33. The number of ether oxygens (including phenoxy) is 1. The van der Waals surface area contributed by atoms with Crippen LogP contribution < -0.4 is 9.88 Å². The summed E-state index contributed by atoms with van der Waals surface area (Å²) in [5.41, 5.74) is 1.38. The van der Waals surface area contributed by atoms with Crippen LogP contribution in [0.15, 0.2) is 12.5 Å². The van der Waals surface area contributed by atoms with Crippen molar-refractivity contribution >= 4 is 17.1 Å². The zero-order valence-corrected chi connectivity index (χ0v) is 10.4. The van der Waals surface area contributed by atoms with Crippen molar-refractivity contribution in [3.05, 3.63) is 12.5 Å². The first-order chi connectivity index (χ1) is 9.21. The number of nitrogens with one attached hydrogen (secondary N) is 2. The van der Waals surface area contributed by atoms with Gasteiger partial charge in [-0.05, 0) is 4.98 Å². The van der Waals surface area contributed by atoms with Gasteiger partial charge in [-0.2, -0.15) is 4.98 Å². The van der Waals surface area contributed by atoms with Gasteiger partial charge >= 0.3 is 0 Å². The summed E-state index contributed by atoms with van der Waals surface area (Å²) in [5, 5.41) is 21.7. The highest BCUT2D eigenvalue weighted by Crippen LogP contribution is 2.24. The Bertz CT molecular complexity index is 587. The van der Waals surface area contributed by atoms with E-state index in [0.717, 1.165) is 5.52 Å². The van der Waals surface area contributed by atoms with Gasteiger partial charge in [0.1, 0.15) is 12.3 Å². The Morgan fingerprint density at radius 2 is 2.47 bits per heavy atom. The van der Waals surface area contributed by atoms with Gasteiger partial charge in [-0.1, -0.05) is 0 Å². The molecule has 1 unspecified atom stereocenters. The number of anilines is 1. The molecule has 4 N–H and O–H groups in total. The quantitative estimate of drug-likeness (QED) is 0.527. The van der Waals surface area contributed by atoms with E-state index in [0.29, 0.717) is 18.0 Å². The average molecular weight is 266 g/mol. The van der Waals surface area contributed by atoms with E-state index in [1.807, 2.05) is 6.20 Å². The average Bonchev–Trinajstić information content (AvgIpc) is 3.00. The molecule has 8 heteroatoms. The third-order valence-corrected chi connectivity index (χ3v) is 3.26. The monoisotopic (exact) mass is 266 g/mol. The van der Waals surface area contributed by atoms with Crippen molar-refractivity contribution in [1.29, 1.82) is 0 Å². The van der Waals surface area contributed by atoms with Crippen molar-refractivity contribution in [2.24, 2.45) is 0 Å². The van der Waals surface area contributed by atoms with E-state index in [9.17, 15) is 5.11 Å². The second kappa shape index (κ2) is 4.72. The number of imidazole rings is 1. The van der Waals surface area contributed by atoms with Crippen LogP contribution in [-0.2, 0) is 4.74 Å².